The number of nitrogens with one attached hydrogen (secondary N) is 1. The maximum absolute atomic E-state index is 12.0. The summed E-state index contributed by atoms with van der Waals surface area (Å²) in [5.74, 6) is 1.03. The topological polar surface area (TPSA) is 47.6 Å². The number of thiophene rings is 1. The molecule has 4 nitrogen and oxygen atoms in total. The van der Waals surface area contributed by atoms with Crippen molar-refractivity contribution in [3.63, 3.8) is 0 Å². The summed E-state index contributed by atoms with van der Waals surface area (Å²) in [4.78, 5) is 13.1. The van der Waals surface area contributed by atoms with E-state index in [1.165, 1.54) is 0 Å². The van der Waals surface area contributed by atoms with Crippen LogP contribution in [-0.4, -0.2) is 20.1 Å². The summed E-state index contributed by atoms with van der Waals surface area (Å²) < 4.78 is 10.3. The number of hydrogen-bond acceptors (Lipinski definition) is 4. The van der Waals surface area contributed by atoms with Crippen molar-refractivity contribution in [1.82, 2.24) is 5.32 Å². The molecule has 1 amide bonds. The molecule has 1 heterocycles. The first kappa shape index (κ1) is 13.4. The Morgan fingerprint density at radius 2 is 2.00 bits per heavy atom. The molecule has 2 aromatic rings. The maximum atomic E-state index is 12.0. The van der Waals surface area contributed by atoms with Crippen molar-refractivity contribution in [3.05, 3.63) is 46.2 Å². The Balaban J connectivity index is 2.06. The summed E-state index contributed by atoms with van der Waals surface area (Å²) in [6.45, 7) is 0.533. The second kappa shape index (κ2) is 6.24. The van der Waals surface area contributed by atoms with E-state index in [1.807, 2.05) is 17.5 Å². The molecule has 0 saturated heterocycles. The summed E-state index contributed by atoms with van der Waals surface area (Å²) in [5.41, 5.74) is 0.550. The smallest absolute Gasteiger partial charge is 0.251 e. The zero-order valence-corrected chi connectivity index (χ0v) is 11.6. The van der Waals surface area contributed by atoms with Gasteiger partial charge in [0.15, 0.2) is 11.5 Å². The van der Waals surface area contributed by atoms with E-state index in [-0.39, 0.29) is 5.91 Å². The van der Waals surface area contributed by atoms with E-state index in [9.17, 15) is 4.79 Å². The van der Waals surface area contributed by atoms with E-state index >= 15 is 0 Å². The van der Waals surface area contributed by atoms with Crippen molar-refractivity contribution < 1.29 is 14.3 Å². The highest BCUT2D eigenvalue weighted by atomic mass is 32.1. The SMILES string of the molecule is COc1ccc(C(=O)NCc2cccs2)cc1OC. The van der Waals surface area contributed by atoms with E-state index in [0.717, 1.165) is 4.88 Å². The zero-order chi connectivity index (χ0) is 13.7. The minimum absolute atomic E-state index is 0.130. The van der Waals surface area contributed by atoms with Gasteiger partial charge >= 0.3 is 0 Å². The van der Waals surface area contributed by atoms with Gasteiger partial charge in [-0.3, -0.25) is 4.79 Å². The van der Waals surface area contributed by atoms with Gasteiger partial charge in [-0.2, -0.15) is 0 Å². The number of rotatable bonds is 5. The Kier molecular flexibility index (Phi) is 4.41. The third kappa shape index (κ3) is 3.26. The molecule has 0 aliphatic heterocycles. The van der Waals surface area contributed by atoms with Crippen molar-refractivity contribution in [1.29, 1.82) is 0 Å². The summed E-state index contributed by atoms with van der Waals surface area (Å²) in [7, 11) is 3.11. The van der Waals surface area contributed by atoms with E-state index in [4.69, 9.17) is 9.47 Å². The van der Waals surface area contributed by atoms with Gasteiger partial charge in [-0.05, 0) is 29.6 Å². The van der Waals surface area contributed by atoms with Gasteiger partial charge in [-0.1, -0.05) is 6.07 Å². The minimum atomic E-state index is -0.130. The van der Waals surface area contributed by atoms with Crippen LogP contribution in [-0.2, 0) is 6.54 Å². The molecule has 1 aromatic carbocycles. The van der Waals surface area contributed by atoms with Gasteiger partial charge in [-0.15, -0.1) is 11.3 Å². The Labute approximate surface area is 116 Å². The summed E-state index contributed by atoms with van der Waals surface area (Å²) in [6, 6.07) is 9.05. The summed E-state index contributed by atoms with van der Waals surface area (Å²) in [6.07, 6.45) is 0. The summed E-state index contributed by atoms with van der Waals surface area (Å²) >= 11 is 1.61. The van der Waals surface area contributed by atoms with Gasteiger partial charge < -0.3 is 14.8 Å². The van der Waals surface area contributed by atoms with Gasteiger partial charge in [0, 0.05) is 10.4 Å². The average Bonchev–Trinajstić information content (AvgIpc) is 2.97. The van der Waals surface area contributed by atoms with Gasteiger partial charge in [0.2, 0.25) is 0 Å². The van der Waals surface area contributed by atoms with Crippen LogP contribution >= 0.6 is 11.3 Å². The van der Waals surface area contributed by atoms with Gasteiger partial charge in [0.25, 0.3) is 5.91 Å². The number of hydrogen-bond donors (Lipinski definition) is 1. The molecule has 0 unspecified atom stereocenters. The first-order valence-corrected chi connectivity index (χ1v) is 6.65. The van der Waals surface area contributed by atoms with Gasteiger partial charge in [0.05, 0.1) is 20.8 Å². The first-order chi connectivity index (χ1) is 9.24. The molecule has 100 valence electrons. The molecule has 1 N–H and O–H groups in total. The van der Waals surface area contributed by atoms with Crippen LogP contribution in [0.2, 0.25) is 0 Å². The minimum Gasteiger partial charge on any atom is -0.493 e. The van der Waals surface area contributed by atoms with Crippen LogP contribution in [0.5, 0.6) is 11.5 Å². The molecule has 0 spiro atoms. The molecule has 0 bridgehead atoms. The van der Waals surface area contributed by atoms with E-state index in [0.29, 0.717) is 23.6 Å². The third-order valence-electron chi connectivity index (χ3n) is 2.65. The van der Waals surface area contributed by atoms with Crippen LogP contribution in [0.15, 0.2) is 35.7 Å². The quantitative estimate of drug-likeness (QED) is 0.914. The molecule has 0 aliphatic rings. The second-order valence-corrected chi connectivity index (χ2v) is 4.86. The summed E-state index contributed by atoms with van der Waals surface area (Å²) in [5, 5.41) is 4.85. The van der Waals surface area contributed by atoms with E-state index < -0.39 is 0 Å². The van der Waals surface area contributed by atoms with Crippen molar-refractivity contribution in [3.8, 4) is 11.5 Å². The number of methoxy groups -OCH3 is 2. The number of amides is 1. The van der Waals surface area contributed by atoms with Crippen molar-refractivity contribution in [2.75, 3.05) is 14.2 Å². The van der Waals surface area contributed by atoms with E-state index in [1.54, 1.807) is 43.8 Å². The molecule has 0 aliphatic carbocycles. The molecule has 0 radical (unpaired) electrons. The highest BCUT2D eigenvalue weighted by molar-refractivity contribution is 7.09. The largest absolute Gasteiger partial charge is 0.493 e. The van der Waals surface area contributed by atoms with Crippen LogP contribution in [0.1, 0.15) is 15.2 Å². The predicted molar refractivity (Wildman–Crippen MR) is 75.0 cm³/mol. The molecule has 19 heavy (non-hydrogen) atoms. The molecule has 1 aromatic heterocycles. The van der Waals surface area contributed by atoms with Crippen LogP contribution < -0.4 is 14.8 Å². The maximum Gasteiger partial charge on any atom is 0.251 e. The fourth-order valence-electron chi connectivity index (χ4n) is 1.66. The Morgan fingerprint density at radius 1 is 1.21 bits per heavy atom. The van der Waals surface area contributed by atoms with Gasteiger partial charge in [0.1, 0.15) is 0 Å². The van der Waals surface area contributed by atoms with Crippen molar-refractivity contribution >= 4 is 17.2 Å². The lowest BCUT2D eigenvalue weighted by Gasteiger charge is -2.09. The lowest BCUT2D eigenvalue weighted by molar-refractivity contribution is 0.0951. The lowest BCUT2D eigenvalue weighted by Crippen LogP contribution is -2.22. The first-order valence-electron chi connectivity index (χ1n) is 5.77. The Hall–Kier alpha value is -2.01. The lowest BCUT2D eigenvalue weighted by atomic mass is 10.2. The Bertz CT molecular complexity index is 552. The molecule has 0 fully saturated rings. The number of carbonyl (C=O) groups is 1. The molecule has 2 rings (SSSR count). The average molecular weight is 277 g/mol. The fraction of sp³-hybridized carbons (Fsp3) is 0.214. The van der Waals surface area contributed by atoms with Crippen molar-refractivity contribution in [2.24, 2.45) is 0 Å². The molecule has 0 atom stereocenters. The molecule has 0 saturated carbocycles. The fourth-order valence-corrected chi connectivity index (χ4v) is 2.30. The molecule has 5 heteroatoms. The highest BCUT2D eigenvalue weighted by Crippen LogP contribution is 2.27. The van der Waals surface area contributed by atoms with Crippen LogP contribution in [0.4, 0.5) is 0 Å². The van der Waals surface area contributed by atoms with Gasteiger partial charge in [-0.25, -0.2) is 0 Å². The predicted octanol–water partition coefficient (Wildman–Crippen LogP) is 2.70. The standard InChI is InChI=1S/C14H15NO3S/c1-17-12-6-5-10(8-13(12)18-2)14(16)15-9-11-4-3-7-19-11/h3-8H,9H2,1-2H3,(H,15,16). The van der Waals surface area contributed by atoms with Crippen LogP contribution in [0.3, 0.4) is 0 Å². The molecular weight excluding hydrogens is 262 g/mol. The number of carbonyl (C=O) groups excluding carboxylic acids is 1. The zero-order valence-electron chi connectivity index (χ0n) is 10.8. The van der Waals surface area contributed by atoms with Crippen molar-refractivity contribution in [2.45, 2.75) is 6.54 Å². The molecular formula is C14H15NO3S. The number of ether oxygens (including phenoxy) is 2. The third-order valence-corrected chi connectivity index (χ3v) is 3.53. The monoisotopic (exact) mass is 277 g/mol. The Morgan fingerprint density at radius 3 is 2.63 bits per heavy atom. The highest BCUT2D eigenvalue weighted by Gasteiger charge is 2.10. The number of benzene rings is 1. The van der Waals surface area contributed by atoms with Crippen LogP contribution in [0, 0.1) is 0 Å². The van der Waals surface area contributed by atoms with Crippen LogP contribution in [0.25, 0.3) is 0 Å². The van der Waals surface area contributed by atoms with E-state index in [2.05, 4.69) is 5.32 Å². The second-order valence-electron chi connectivity index (χ2n) is 3.83. The normalized spacial score (nSPS) is 10.0.